The molecule has 0 spiro atoms. The number of rotatable bonds is 3. The fraction of sp³-hybridized carbons (Fsp3) is 0.692. The molecule has 0 radical (unpaired) electrons. The van der Waals surface area contributed by atoms with E-state index in [0.717, 1.165) is 25.4 Å². The summed E-state index contributed by atoms with van der Waals surface area (Å²) in [6.07, 6.45) is 12.1. The summed E-state index contributed by atoms with van der Waals surface area (Å²) >= 11 is 2.50. The molecule has 7 atom stereocenters. The summed E-state index contributed by atoms with van der Waals surface area (Å²) in [6, 6.07) is 10.6. The Balaban J connectivity index is 1.29. The standard InChI is InChI=1S/C26H35IO2/c1-24-13-10-20(29-17-18-6-4-3-5-7-18)16-19(24)8-9-22-21(24)11-14-25(2)23(27)12-15-26(22,25)28/h3-7,12,19-22,28H,8-11,13-17H2,1-2H3/t19-,20-,21-,22+,24-,25+,26-/m0/s1. The zero-order valence-corrected chi connectivity index (χ0v) is 20.0. The molecule has 5 rings (SSSR count). The Morgan fingerprint density at radius 3 is 2.62 bits per heavy atom. The average molecular weight is 506 g/mol. The van der Waals surface area contributed by atoms with Crippen LogP contribution >= 0.6 is 22.6 Å². The van der Waals surface area contributed by atoms with Crippen LogP contribution in [0.4, 0.5) is 0 Å². The van der Waals surface area contributed by atoms with Crippen molar-refractivity contribution in [2.45, 2.75) is 83.5 Å². The third kappa shape index (κ3) is 3.09. The third-order valence-corrected chi connectivity index (χ3v) is 11.2. The van der Waals surface area contributed by atoms with E-state index in [-0.39, 0.29) is 5.41 Å². The van der Waals surface area contributed by atoms with Gasteiger partial charge < -0.3 is 9.84 Å². The lowest BCUT2D eigenvalue weighted by atomic mass is 9.44. The molecule has 1 aromatic rings. The fourth-order valence-corrected chi connectivity index (χ4v) is 8.60. The molecule has 158 valence electrons. The minimum Gasteiger partial charge on any atom is -0.388 e. The van der Waals surface area contributed by atoms with Gasteiger partial charge in [0.05, 0.1) is 18.3 Å². The van der Waals surface area contributed by atoms with E-state index in [1.165, 1.54) is 47.7 Å². The molecule has 1 N–H and O–H groups in total. The van der Waals surface area contributed by atoms with Gasteiger partial charge in [0, 0.05) is 5.41 Å². The van der Waals surface area contributed by atoms with E-state index in [0.29, 0.717) is 23.4 Å². The quantitative estimate of drug-likeness (QED) is 0.465. The molecule has 3 heteroatoms. The fourth-order valence-electron chi connectivity index (χ4n) is 7.64. The first-order valence-electron chi connectivity index (χ1n) is 11.6. The van der Waals surface area contributed by atoms with Crippen LogP contribution in [-0.2, 0) is 11.3 Å². The molecule has 0 amide bonds. The molecule has 1 aromatic carbocycles. The van der Waals surface area contributed by atoms with Crippen LogP contribution in [0.1, 0.15) is 70.8 Å². The number of aliphatic hydroxyl groups is 1. The van der Waals surface area contributed by atoms with Crippen LogP contribution in [0.3, 0.4) is 0 Å². The first kappa shape index (κ1) is 20.5. The van der Waals surface area contributed by atoms with Crippen LogP contribution in [0.15, 0.2) is 40.0 Å². The van der Waals surface area contributed by atoms with Gasteiger partial charge in [0.1, 0.15) is 0 Å². The number of fused-ring (bicyclic) bond motifs is 5. The average Bonchev–Trinajstić information content (AvgIpc) is 2.97. The molecule has 3 fully saturated rings. The molecule has 29 heavy (non-hydrogen) atoms. The number of hydrogen-bond acceptors (Lipinski definition) is 2. The second kappa shape index (κ2) is 7.34. The Morgan fingerprint density at radius 1 is 1.03 bits per heavy atom. The first-order valence-corrected chi connectivity index (χ1v) is 12.7. The SMILES string of the molecule is C[C@]12CC[C@H](OCc3ccccc3)C[C@@H]1CC[C@@H]1[C@@H]2CC[C@]2(C)C(I)=CC[C@]12O. The zero-order chi connectivity index (χ0) is 20.3. The van der Waals surface area contributed by atoms with Crippen LogP contribution in [0.2, 0.25) is 0 Å². The molecular formula is C26H35IO2. The lowest BCUT2D eigenvalue weighted by Gasteiger charge is -2.63. The van der Waals surface area contributed by atoms with Gasteiger partial charge in [0.15, 0.2) is 0 Å². The van der Waals surface area contributed by atoms with Crippen molar-refractivity contribution in [2.24, 2.45) is 28.6 Å². The predicted octanol–water partition coefficient (Wildman–Crippen LogP) is 6.66. The molecule has 2 nitrogen and oxygen atoms in total. The van der Waals surface area contributed by atoms with Crippen LogP contribution < -0.4 is 0 Å². The van der Waals surface area contributed by atoms with Crippen molar-refractivity contribution in [3.63, 3.8) is 0 Å². The number of halogens is 1. The Morgan fingerprint density at radius 2 is 1.83 bits per heavy atom. The van der Waals surface area contributed by atoms with Crippen molar-refractivity contribution >= 4 is 22.6 Å². The maximum absolute atomic E-state index is 11.9. The van der Waals surface area contributed by atoms with E-state index in [9.17, 15) is 5.11 Å². The summed E-state index contributed by atoms with van der Waals surface area (Å²) in [5.41, 5.74) is 1.14. The van der Waals surface area contributed by atoms with Crippen molar-refractivity contribution < 1.29 is 9.84 Å². The zero-order valence-electron chi connectivity index (χ0n) is 17.9. The van der Waals surface area contributed by atoms with Crippen LogP contribution in [-0.4, -0.2) is 16.8 Å². The third-order valence-electron chi connectivity index (χ3n) is 9.62. The Labute approximate surface area is 189 Å². The smallest absolute Gasteiger partial charge is 0.0810 e. The lowest BCUT2D eigenvalue weighted by Crippen LogP contribution is -2.61. The highest BCUT2D eigenvalue weighted by Gasteiger charge is 2.65. The Kier molecular flexibility index (Phi) is 5.19. The van der Waals surface area contributed by atoms with Crippen molar-refractivity contribution in [1.82, 2.24) is 0 Å². The van der Waals surface area contributed by atoms with Crippen molar-refractivity contribution in [3.8, 4) is 0 Å². The maximum Gasteiger partial charge on any atom is 0.0810 e. The number of hydrogen-bond donors (Lipinski definition) is 1. The highest BCUT2D eigenvalue weighted by Crippen LogP contribution is 2.68. The molecule has 0 aliphatic heterocycles. The van der Waals surface area contributed by atoms with Crippen LogP contribution in [0.25, 0.3) is 0 Å². The summed E-state index contributed by atoms with van der Waals surface area (Å²) < 4.78 is 7.76. The van der Waals surface area contributed by atoms with Gasteiger partial charge in [0.25, 0.3) is 0 Å². The Hall–Kier alpha value is -0.390. The molecule has 0 saturated heterocycles. The van der Waals surface area contributed by atoms with Crippen molar-refractivity contribution in [3.05, 3.63) is 45.6 Å². The number of ether oxygens (including phenoxy) is 1. The maximum atomic E-state index is 11.9. The topological polar surface area (TPSA) is 29.5 Å². The second-order valence-corrected chi connectivity index (χ2v) is 11.9. The minimum absolute atomic E-state index is 0.00603. The molecule has 0 aromatic heterocycles. The van der Waals surface area contributed by atoms with Gasteiger partial charge in [-0.25, -0.2) is 0 Å². The van der Waals surface area contributed by atoms with Gasteiger partial charge in [-0.05, 0) is 106 Å². The molecule has 3 saturated carbocycles. The highest BCUT2D eigenvalue weighted by atomic mass is 127. The molecule has 0 bridgehead atoms. The van der Waals surface area contributed by atoms with E-state index in [1.807, 2.05) is 0 Å². The molecule has 4 aliphatic carbocycles. The van der Waals surface area contributed by atoms with E-state index in [1.54, 1.807) is 0 Å². The van der Waals surface area contributed by atoms with Crippen molar-refractivity contribution in [2.75, 3.05) is 0 Å². The van der Waals surface area contributed by atoms with Crippen LogP contribution in [0, 0.1) is 28.6 Å². The Bertz CT molecular complexity index is 791. The molecule has 4 aliphatic rings. The summed E-state index contributed by atoms with van der Waals surface area (Å²) in [5, 5.41) is 11.9. The van der Waals surface area contributed by atoms with Gasteiger partial charge >= 0.3 is 0 Å². The summed E-state index contributed by atoms with van der Waals surface area (Å²) in [6.45, 7) is 5.63. The monoisotopic (exact) mass is 506 g/mol. The van der Waals surface area contributed by atoms with E-state index < -0.39 is 5.60 Å². The first-order chi connectivity index (χ1) is 13.9. The van der Waals surface area contributed by atoms with E-state index in [2.05, 4.69) is 72.8 Å². The van der Waals surface area contributed by atoms with Gasteiger partial charge in [-0.3, -0.25) is 0 Å². The highest BCUT2D eigenvalue weighted by molar-refractivity contribution is 14.1. The summed E-state index contributed by atoms with van der Waals surface area (Å²) in [7, 11) is 0. The normalized spacial score (nSPS) is 46.4. The molecule has 0 heterocycles. The van der Waals surface area contributed by atoms with E-state index >= 15 is 0 Å². The van der Waals surface area contributed by atoms with Gasteiger partial charge in [-0.2, -0.15) is 0 Å². The van der Waals surface area contributed by atoms with Gasteiger partial charge in [-0.15, -0.1) is 0 Å². The van der Waals surface area contributed by atoms with Gasteiger partial charge in [0.2, 0.25) is 0 Å². The van der Waals surface area contributed by atoms with Gasteiger partial charge in [-0.1, -0.05) is 50.3 Å². The van der Waals surface area contributed by atoms with Crippen molar-refractivity contribution in [1.29, 1.82) is 0 Å². The lowest BCUT2D eigenvalue weighted by molar-refractivity contribution is -0.198. The summed E-state index contributed by atoms with van der Waals surface area (Å²) in [4.78, 5) is 0. The molecule has 0 unspecified atom stereocenters. The minimum atomic E-state index is -0.513. The predicted molar refractivity (Wildman–Crippen MR) is 126 cm³/mol. The second-order valence-electron chi connectivity index (χ2n) is 10.7. The van der Waals surface area contributed by atoms with E-state index in [4.69, 9.17) is 4.74 Å². The largest absolute Gasteiger partial charge is 0.388 e. The summed E-state index contributed by atoms with van der Waals surface area (Å²) in [5.74, 6) is 1.89. The van der Waals surface area contributed by atoms with Crippen LogP contribution in [0.5, 0.6) is 0 Å². The number of benzene rings is 1. The molecular weight excluding hydrogens is 471 g/mol.